The summed E-state index contributed by atoms with van der Waals surface area (Å²) in [6.45, 7) is 7.90. The van der Waals surface area contributed by atoms with Crippen molar-refractivity contribution in [2.24, 2.45) is 5.92 Å². The van der Waals surface area contributed by atoms with Gasteiger partial charge in [-0.05, 0) is 37.8 Å². The van der Waals surface area contributed by atoms with Gasteiger partial charge in [0.25, 0.3) is 10.0 Å². The highest BCUT2D eigenvalue weighted by atomic mass is 32.2. The molecule has 0 radical (unpaired) electrons. The van der Waals surface area contributed by atoms with Crippen LogP contribution in [0.25, 0.3) is 0 Å². The van der Waals surface area contributed by atoms with E-state index in [9.17, 15) is 13.2 Å². The van der Waals surface area contributed by atoms with Gasteiger partial charge in [0.1, 0.15) is 10.3 Å². The Morgan fingerprint density at radius 2 is 2.16 bits per heavy atom. The molecule has 1 aromatic rings. The molecule has 1 atom stereocenters. The van der Waals surface area contributed by atoms with Gasteiger partial charge in [0.15, 0.2) is 0 Å². The molecule has 0 saturated carbocycles. The van der Waals surface area contributed by atoms with Crippen molar-refractivity contribution in [1.82, 2.24) is 9.21 Å². The molecule has 2 rings (SSSR count). The third-order valence-corrected chi connectivity index (χ3v) is 7.61. The van der Waals surface area contributed by atoms with Crippen LogP contribution in [-0.2, 0) is 19.6 Å². The smallest absolute Gasteiger partial charge is 0.253 e. The maximum atomic E-state index is 13.0. The second-order valence-corrected chi connectivity index (χ2v) is 10.2. The van der Waals surface area contributed by atoms with Crippen LogP contribution in [-0.4, -0.2) is 62.9 Å². The lowest BCUT2D eigenvalue weighted by Gasteiger charge is -2.30. The first-order chi connectivity index (χ1) is 11.8. The Kier molecular flexibility index (Phi) is 7.01. The predicted molar refractivity (Wildman–Crippen MR) is 99.3 cm³/mol. The number of methoxy groups -OCH3 is 1. The van der Waals surface area contributed by atoms with Crippen LogP contribution < -0.4 is 0 Å². The number of nitrogens with zero attached hydrogens (tertiary/aromatic N) is 2. The molecular formula is C17H28N2O4S2. The monoisotopic (exact) mass is 388 g/mol. The third kappa shape index (κ3) is 4.81. The molecule has 1 aliphatic rings. The van der Waals surface area contributed by atoms with Crippen LogP contribution in [0.1, 0.15) is 31.6 Å². The van der Waals surface area contributed by atoms with E-state index in [0.29, 0.717) is 49.2 Å². The van der Waals surface area contributed by atoms with E-state index in [4.69, 9.17) is 4.74 Å². The van der Waals surface area contributed by atoms with E-state index in [1.165, 1.54) is 15.6 Å². The fraction of sp³-hybridized carbons (Fsp3) is 0.706. The van der Waals surface area contributed by atoms with E-state index < -0.39 is 16.1 Å². The number of hydrogen-bond donors (Lipinski definition) is 0. The molecule has 1 fully saturated rings. The van der Waals surface area contributed by atoms with Gasteiger partial charge >= 0.3 is 0 Å². The zero-order valence-corrected chi connectivity index (χ0v) is 17.0. The van der Waals surface area contributed by atoms with Gasteiger partial charge in [-0.1, -0.05) is 13.8 Å². The lowest BCUT2D eigenvalue weighted by molar-refractivity contribution is -0.135. The van der Waals surface area contributed by atoms with E-state index in [1.54, 1.807) is 24.1 Å². The Balaban J connectivity index is 2.22. The zero-order chi connectivity index (χ0) is 18.6. The van der Waals surface area contributed by atoms with Gasteiger partial charge in [0.2, 0.25) is 5.91 Å². The van der Waals surface area contributed by atoms with Crippen molar-refractivity contribution in [2.45, 2.75) is 43.9 Å². The number of sulfonamides is 1. The summed E-state index contributed by atoms with van der Waals surface area (Å²) in [7, 11) is -2.02. The van der Waals surface area contributed by atoms with Crippen LogP contribution in [0, 0.1) is 12.8 Å². The normalized spacial score (nSPS) is 18.8. The number of carbonyl (C=O) groups is 1. The maximum Gasteiger partial charge on any atom is 0.253 e. The molecule has 0 N–H and O–H groups in total. The van der Waals surface area contributed by atoms with E-state index in [-0.39, 0.29) is 5.91 Å². The molecule has 8 heteroatoms. The molecule has 6 nitrogen and oxygen atoms in total. The molecule has 2 heterocycles. The van der Waals surface area contributed by atoms with Crippen molar-refractivity contribution in [2.75, 3.05) is 33.4 Å². The van der Waals surface area contributed by atoms with Crippen LogP contribution in [0.5, 0.6) is 0 Å². The highest BCUT2D eigenvalue weighted by Gasteiger charge is 2.41. The largest absolute Gasteiger partial charge is 0.383 e. The van der Waals surface area contributed by atoms with Gasteiger partial charge < -0.3 is 9.64 Å². The molecule has 25 heavy (non-hydrogen) atoms. The highest BCUT2D eigenvalue weighted by Crippen LogP contribution is 2.31. The number of carbonyl (C=O) groups excluding carboxylic acids is 1. The van der Waals surface area contributed by atoms with E-state index in [1.807, 2.05) is 20.8 Å². The fourth-order valence-corrected chi connectivity index (χ4v) is 6.15. The Hall–Kier alpha value is -0.960. The first-order valence-corrected chi connectivity index (χ1v) is 10.9. The highest BCUT2D eigenvalue weighted by molar-refractivity contribution is 7.91. The van der Waals surface area contributed by atoms with Crippen molar-refractivity contribution in [3.05, 3.63) is 17.0 Å². The number of hydrogen-bond acceptors (Lipinski definition) is 5. The summed E-state index contributed by atoms with van der Waals surface area (Å²) >= 11 is 1.25. The summed E-state index contributed by atoms with van der Waals surface area (Å²) < 4.78 is 32.7. The van der Waals surface area contributed by atoms with Gasteiger partial charge in [-0.3, -0.25) is 4.79 Å². The minimum atomic E-state index is -3.62. The van der Waals surface area contributed by atoms with Crippen LogP contribution in [0.15, 0.2) is 16.3 Å². The van der Waals surface area contributed by atoms with Gasteiger partial charge in [-0.15, -0.1) is 11.3 Å². The fourth-order valence-electron chi connectivity index (χ4n) is 3.09. The molecule has 0 bridgehead atoms. The lowest BCUT2D eigenvalue weighted by atomic mass is 10.1. The topological polar surface area (TPSA) is 66.9 Å². The van der Waals surface area contributed by atoms with Gasteiger partial charge in [-0.2, -0.15) is 4.31 Å². The summed E-state index contributed by atoms with van der Waals surface area (Å²) in [5, 5.41) is 0. The summed E-state index contributed by atoms with van der Waals surface area (Å²) in [6, 6.07) is 2.82. The van der Waals surface area contributed by atoms with Crippen molar-refractivity contribution >= 4 is 27.3 Å². The van der Waals surface area contributed by atoms with Crippen molar-refractivity contribution in [3.8, 4) is 0 Å². The molecule has 1 aliphatic heterocycles. The zero-order valence-electron chi connectivity index (χ0n) is 15.4. The minimum absolute atomic E-state index is 0.111. The van der Waals surface area contributed by atoms with Crippen LogP contribution in [0.4, 0.5) is 0 Å². The number of amides is 1. The maximum absolute atomic E-state index is 13.0. The van der Waals surface area contributed by atoms with Gasteiger partial charge in [0.05, 0.1) is 6.61 Å². The Bertz CT molecular complexity index is 685. The molecule has 0 aromatic carbocycles. The predicted octanol–water partition coefficient (Wildman–Crippen LogP) is 2.34. The molecule has 0 spiro atoms. The number of thiophene rings is 1. The molecule has 1 aromatic heterocycles. The molecule has 0 aliphatic carbocycles. The first-order valence-electron chi connectivity index (χ1n) is 8.63. The van der Waals surface area contributed by atoms with E-state index >= 15 is 0 Å². The second kappa shape index (κ2) is 8.62. The van der Waals surface area contributed by atoms with Crippen molar-refractivity contribution in [3.63, 3.8) is 0 Å². The van der Waals surface area contributed by atoms with Gasteiger partial charge in [-0.25, -0.2) is 8.42 Å². The van der Waals surface area contributed by atoms with E-state index in [0.717, 1.165) is 4.88 Å². The number of rotatable bonds is 8. The molecule has 142 valence electrons. The first kappa shape index (κ1) is 20.4. The minimum Gasteiger partial charge on any atom is -0.383 e. The van der Waals surface area contributed by atoms with Gasteiger partial charge in [0, 0.05) is 31.6 Å². The molecule has 1 unspecified atom stereocenters. The molecule has 1 amide bonds. The Morgan fingerprint density at radius 1 is 1.44 bits per heavy atom. The quantitative estimate of drug-likeness (QED) is 0.686. The summed E-state index contributed by atoms with van der Waals surface area (Å²) in [5.74, 6) is 0.201. The summed E-state index contributed by atoms with van der Waals surface area (Å²) in [5.41, 5.74) is 0. The van der Waals surface area contributed by atoms with Crippen LogP contribution >= 0.6 is 11.3 Å². The SMILES string of the molecule is COCCN(CC(C)C)C(=O)C1CCCN1S(=O)(=O)c1ccc(C)s1. The number of ether oxygens (including phenoxy) is 1. The lowest BCUT2D eigenvalue weighted by Crippen LogP contribution is -2.49. The second-order valence-electron chi connectivity index (χ2n) is 6.81. The van der Waals surface area contributed by atoms with Crippen LogP contribution in [0.2, 0.25) is 0 Å². The molecular weight excluding hydrogens is 360 g/mol. The van der Waals surface area contributed by atoms with Crippen molar-refractivity contribution in [1.29, 1.82) is 0 Å². The Labute approximate surface area is 154 Å². The Morgan fingerprint density at radius 3 is 2.72 bits per heavy atom. The summed E-state index contributed by atoms with van der Waals surface area (Å²) in [6.07, 6.45) is 1.28. The van der Waals surface area contributed by atoms with Crippen molar-refractivity contribution < 1.29 is 17.9 Å². The number of aryl methyl sites for hydroxylation is 1. The average Bonchev–Trinajstić information content (AvgIpc) is 3.19. The average molecular weight is 389 g/mol. The standard InChI is InChI=1S/C17H28N2O4S2/c1-13(2)12-18(10-11-23-4)17(20)15-6-5-9-19(15)25(21,22)16-8-7-14(3)24-16/h7-8,13,15H,5-6,9-12H2,1-4H3. The summed E-state index contributed by atoms with van der Waals surface area (Å²) in [4.78, 5) is 15.7. The van der Waals surface area contributed by atoms with Crippen LogP contribution in [0.3, 0.4) is 0 Å². The van der Waals surface area contributed by atoms with E-state index in [2.05, 4.69) is 0 Å². The third-order valence-electron chi connectivity index (χ3n) is 4.23. The molecule has 1 saturated heterocycles.